The van der Waals surface area contributed by atoms with E-state index in [0.717, 1.165) is 22.6 Å². The Hall–Kier alpha value is -3.33. The fourth-order valence-corrected chi connectivity index (χ4v) is 4.64. The fourth-order valence-electron chi connectivity index (χ4n) is 3.61. The van der Waals surface area contributed by atoms with Crippen LogP contribution in [0.1, 0.15) is 29.9 Å². The van der Waals surface area contributed by atoms with E-state index in [4.69, 9.17) is 26.8 Å². The highest BCUT2D eigenvalue weighted by Gasteiger charge is 2.24. The normalized spacial score (nSPS) is 12.7. The van der Waals surface area contributed by atoms with Crippen LogP contribution in [0.5, 0.6) is 5.75 Å². The summed E-state index contributed by atoms with van der Waals surface area (Å²) in [6, 6.07) is 24.7. The fraction of sp³-hybridized carbons (Fsp3) is 0.222. The van der Waals surface area contributed by atoms with Crippen molar-refractivity contribution in [2.24, 2.45) is 5.73 Å². The van der Waals surface area contributed by atoms with Gasteiger partial charge in [0.1, 0.15) is 17.6 Å². The summed E-state index contributed by atoms with van der Waals surface area (Å²) < 4.78 is 12.7. The molecule has 4 aromatic rings. The molecule has 0 saturated carbocycles. The van der Waals surface area contributed by atoms with Crippen LogP contribution in [-0.4, -0.2) is 33.1 Å². The summed E-state index contributed by atoms with van der Waals surface area (Å²) in [4.78, 5) is 12.1. The van der Waals surface area contributed by atoms with Crippen molar-refractivity contribution in [3.63, 3.8) is 0 Å². The van der Waals surface area contributed by atoms with Crippen molar-refractivity contribution in [1.82, 2.24) is 14.8 Å². The number of halogens is 1. The Kier molecular flexibility index (Phi) is 8.64. The first-order valence-electron chi connectivity index (χ1n) is 11.4. The van der Waals surface area contributed by atoms with E-state index in [9.17, 15) is 4.79 Å². The van der Waals surface area contributed by atoms with Crippen molar-refractivity contribution < 1.29 is 14.3 Å². The van der Waals surface area contributed by atoms with Crippen LogP contribution in [0.25, 0.3) is 5.69 Å². The first-order chi connectivity index (χ1) is 17.4. The van der Waals surface area contributed by atoms with Crippen LogP contribution in [0.15, 0.2) is 84.0 Å². The number of benzene rings is 3. The molecule has 1 heterocycles. The number of nitrogens with two attached hydrogens (primary N) is 1. The molecule has 0 bridgehead atoms. The van der Waals surface area contributed by atoms with Gasteiger partial charge in [0.25, 0.3) is 0 Å². The van der Waals surface area contributed by atoms with E-state index >= 15 is 0 Å². The lowest BCUT2D eigenvalue weighted by Crippen LogP contribution is -2.20. The summed E-state index contributed by atoms with van der Waals surface area (Å²) in [5.41, 5.74) is 9.53. The molecule has 2 atom stereocenters. The summed E-state index contributed by atoms with van der Waals surface area (Å²) in [5, 5.41) is 9.51. The van der Waals surface area contributed by atoms with E-state index in [1.807, 2.05) is 83.4 Å². The zero-order chi connectivity index (χ0) is 25.5. The standard InChI is InChI=1S/C27H27ClN4O3S/c1-18(26(33)34-2)36-27-31-30-25(24(29)16-19-8-10-21(28)11-9-19)32(27)22-12-14-23(15-13-22)35-17-20-6-4-3-5-7-20/h3-15,18,24H,16-17,29H2,1-2H3. The number of nitrogens with zero attached hydrogens (tertiary/aromatic N) is 3. The Morgan fingerprint density at radius 2 is 1.69 bits per heavy atom. The molecular formula is C27H27ClN4O3S. The van der Waals surface area contributed by atoms with Gasteiger partial charge >= 0.3 is 5.97 Å². The second kappa shape index (κ2) is 12.1. The number of hydrogen-bond acceptors (Lipinski definition) is 7. The van der Waals surface area contributed by atoms with Crippen LogP contribution in [0.4, 0.5) is 0 Å². The highest BCUT2D eigenvalue weighted by atomic mass is 35.5. The van der Waals surface area contributed by atoms with Crippen molar-refractivity contribution in [2.45, 2.75) is 36.4 Å². The van der Waals surface area contributed by atoms with E-state index in [0.29, 0.717) is 29.0 Å². The molecule has 36 heavy (non-hydrogen) atoms. The molecule has 186 valence electrons. The molecule has 2 N–H and O–H groups in total. The first kappa shape index (κ1) is 25.8. The molecule has 4 rings (SSSR count). The summed E-state index contributed by atoms with van der Waals surface area (Å²) in [7, 11) is 1.37. The topological polar surface area (TPSA) is 92.3 Å². The molecule has 9 heteroatoms. The first-order valence-corrected chi connectivity index (χ1v) is 12.7. The number of ether oxygens (including phenoxy) is 2. The van der Waals surface area contributed by atoms with E-state index < -0.39 is 11.3 Å². The van der Waals surface area contributed by atoms with Crippen LogP contribution >= 0.6 is 23.4 Å². The van der Waals surface area contributed by atoms with Crippen molar-refractivity contribution in [3.8, 4) is 11.4 Å². The predicted molar refractivity (Wildman–Crippen MR) is 142 cm³/mol. The van der Waals surface area contributed by atoms with Gasteiger partial charge in [0.15, 0.2) is 11.0 Å². The van der Waals surface area contributed by atoms with Crippen LogP contribution < -0.4 is 10.5 Å². The number of thioether (sulfide) groups is 1. The molecule has 3 aromatic carbocycles. The Morgan fingerprint density at radius 3 is 2.36 bits per heavy atom. The highest BCUT2D eigenvalue weighted by Crippen LogP contribution is 2.30. The Bertz CT molecular complexity index is 1280. The van der Waals surface area contributed by atoms with Gasteiger partial charge in [-0.15, -0.1) is 10.2 Å². The minimum Gasteiger partial charge on any atom is -0.489 e. The molecule has 0 aliphatic heterocycles. The van der Waals surface area contributed by atoms with Gasteiger partial charge in [-0.25, -0.2) is 0 Å². The predicted octanol–water partition coefficient (Wildman–Crippen LogP) is 5.40. The van der Waals surface area contributed by atoms with Gasteiger partial charge in [0, 0.05) is 10.7 Å². The Labute approximate surface area is 219 Å². The summed E-state index contributed by atoms with van der Waals surface area (Å²) in [6.45, 7) is 2.24. The van der Waals surface area contributed by atoms with Gasteiger partial charge in [0.2, 0.25) is 0 Å². The molecule has 0 spiro atoms. The summed E-state index contributed by atoms with van der Waals surface area (Å²) in [5.74, 6) is 0.980. The highest BCUT2D eigenvalue weighted by molar-refractivity contribution is 8.00. The van der Waals surface area contributed by atoms with Crippen molar-refractivity contribution in [2.75, 3.05) is 7.11 Å². The smallest absolute Gasteiger partial charge is 0.318 e. The van der Waals surface area contributed by atoms with Crippen LogP contribution in [0.3, 0.4) is 0 Å². The van der Waals surface area contributed by atoms with Crippen molar-refractivity contribution in [3.05, 3.63) is 101 Å². The third kappa shape index (κ3) is 6.46. The molecule has 0 amide bonds. The molecule has 7 nitrogen and oxygen atoms in total. The average Bonchev–Trinajstić information content (AvgIpc) is 3.32. The number of esters is 1. The number of aromatic nitrogens is 3. The van der Waals surface area contributed by atoms with Crippen LogP contribution in [0.2, 0.25) is 5.02 Å². The average molecular weight is 523 g/mol. The number of hydrogen-bond donors (Lipinski definition) is 1. The minimum absolute atomic E-state index is 0.341. The van der Waals surface area contributed by atoms with Gasteiger partial charge in [-0.2, -0.15) is 0 Å². The lowest BCUT2D eigenvalue weighted by Gasteiger charge is -2.16. The number of carbonyl (C=O) groups is 1. The molecule has 0 fully saturated rings. The molecule has 0 aliphatic rings. The minimum atomic E-state index is -0.466. The molecule has 0 aliphatic carbocycles. The van der Waals surface area contributed by atoms with Crippen LogP contribution in [0, 0.1) is 0 Å². The van der Waals surface area contributed by atoms with Gasteiger partial charge < -0.3 is 15.2 Å². The van der Waals surface area contributed by atoms with E-state index in [1.165, 1.54) is 18.9 Å². The van der Waals surface area contributed by atoms with Gasteiger partial charge in [-0.1, -0.05) is 65.8 Å². The van der Waals surface area contributed by atoms with Crippen LogP contribution in [-0.2, 0) is 22.6 Å². The van der Waals surface area contributed by atoms with Gasteiger partial charge in [-0.3, -0.25) is 9.36 Å². The molecule has 2 unspecified atom stereocenters. The molecule has 0 radical (unpaired) electrons. The van der Waals surface area contributed by atoms with E-state index in [1.54, 1.807) is 6.92 Å². The third-order valence-electron chi connectivity index (χ3n) is 5.52. The number of rotatable bonds is 10. The van der Waals surface area contributed by atoms with E-state index in [2.05, 4.69) is 10.2 Å². The lowest BCUT2D eigenvalue weighted by molar-refractivity contribution is -0.139. The quantitative estimate of drug-likeness (QED) is 0.220. The van der Waals surface area contributed by atoms with Crippen molar-refractivity contribution >= 4 is 29.3 Å². The lowest BCUT2D eigenvalue weighted by atomic mass is 10.1. The zero-order valence-corrected chi connectivity index (χ0v) is 21.6. The molecule has 0 saturated heterocycles. The third-order valence-corrected chi connectivity index (χ3v) is 6.79. The maximum atomic E-state index is 12.1. The Balaban J connectivity index is 1.60. The second-order valence-electron chi connectivity index (χ2n) is 8.16. The number of carbonyl (C=O) groups excluding carboxylic acids is 1. The molecule has 1 aromatic heterocycles. The number of methoxy groups -OCH3 is 1. The monoisotopic (exact) mass is 522 g/mol. The Morgan fingerprint density at radius 1 is 1.00 bits per heavy atom. The second-order valence-corrected chi connectivity index (χ2v) is 9.91. The van der Waals surface area contributed by atoms with Gasteiger partial charge in [0.05, 0.1) is 13.2 Å². The largest absolute Gasteiger partial charge is 0.489 e. The van der Waals surface area contributed by atoms with Gasteiger partial charge in [-0.05, 0) is 60.9 Å². The maximum Gasteiger partial charge on any atom is 0.318 e. The summed E-state index contributed by atoms with van der Waals surface area (Å²) in [6.07, 6.45) is 0.546. The molecular weight excluding hydrogens is 496 g/mol. The van der Waals surface area contributed by atoms with E-state index in [-0.39, 0.29) is 5.97 Å². The zero-order valence-electron chi connectivity index (χ0n) is 20.0. The van der Waals surface area contributed by atoms with Crippen molar-refractivity contribution in [1.29, 1.82) is 0 Å². The summed E-state index contributed by atoms with van der Waals surface area (Å²) >= 11 is 7.29. The maximum absolute atomic E-state index is 12.1. The SMILES string of the molecule is COC(=O)C(C)Sc1nnc(C(N)Cc2ccc(Cl)cc2)n1-c1ccc(OCc2ccccc2)cc1.